The van der Waals surface area contributed by atoms with Crippen LogP contribution in [0.5, 0.6) is 23.3 Å². The van der Waals surface area contributed by atoms with Gasteiger partial charge in [0.05, 0.1) is 58.9 Å². The van der Waals surface area contributed by atoms with Gasteiger partial charge in [0.2, 0.25) is 11.8 Å². The van der Waals surface area contributed by atoms with Crippen molar-refractivity contribution in [3.63, 3.8) is 0 Å². The molecule has 0 spiro atoms. The third kappa shape index (κ3) is 4.18. The molecule has 8 heteroatoms. The fourth-order valence-electron chi connectivity index (χ4n) is 2.25. The molecule has 0 atom stereocenters. The van der Waals surface area contributed by atoms with Gasteiger partial charge in [-0.2, -0.15) is 26.0 Å². The van der Waals surface area contributed by atoms with Gasteiger partial charge in [-0.25, -0.2) is 0 Å². The summed E-state index contributed by atoms with van der Waals surface area (Å²) >= 11 is 0. The maximum Gasteiger partial charge on any atom is 0.241 e. The van der Waals surface area contributed by atoms with Crippen LogP contribution in [0, 0.1) is 45.3 Å². The monoisotopic (exact) mass is 364 g/mol. The Balaban J connectivity index is 1.86. The summed E-state index contributed by atoms with van der Waals surface area (Å²) in [5.74, 6) is 0.655. The van der Waals surface area contributed by atoms with E-state index >= 15 is 0 Å². The molecule has 0 saturated heterocycles. The first kappa shape index (κ1) is 17.9. The Bertz CT molecular complexity index is 1070. The minimum absolute atomic E-state index is 0.0772. The van der Waals surface area contributed by atoms with Gasteiger partial charge in [0.25, 0.3) is 0 Å². The summed E-state index contributed by atoms with van der Waals surface area (Å²) in [6, 6.07) is 16.5. The molecular weight excluding hydrogens is 356 g/mol. The Morgan fingerprint density at radius 2 is 0.929 bits per heavy atom. The van der Waals surface area contributed by atoms with Crippen LogP contribution >= 0.6 is 0 Å². The van der Waals surface area contributed by atoms with E-state index in [1.54, 1.807) is 0 Å². The number of rotatable bonds is 4. The lowest BCUT2D eigenvalue weighted by Gasteiger charge is -2.08. The van der Waals surface area contributed by atoms with Gasteiger partial charge < -0.3 is 9.47 Å². The van der Waals surface area contributed by atoms with E-state index in [4.69, 9.17) is 30.5 Å². The highest BCUT2D eigenvalue weighted by molar-refractivity contribution is 5.47. The van der Waals surface area contributed by atoms with Gasteiger partial charge in [0, 0.05) is 0 Å². The normalized spacial score (nSPS) is 9.29. The lowest BCUT2D eigenvalue weighted by Crippen LogP contribution is -1.95. The van der Waals surface area contributed by atoms with Crippen molar-refractivity contribution in [1.29, 1.82) is 21.0 Å². The second-order valence-corrected chi connectivity index (χ2v) is 5.34. The number of nitriles is 4. The van der Waals surface area contributed by atoms with Crippen molar-refractivity contribution in [2.24, 2.45) is 0 Å². The summed E-state index contributed by atoms with van der Waals surface area (Å²) in [6.07, 6.45) is 2.68. The Hall–Kier alpha value is -4.92. The Labute approximate surface area is 159 Å². The average molecular weight is 364 g/mol. The maximum atomic E-state index is 9.03. The molecule has 3 rings (SSSR count). The molecule has 0 fully saturated rings. The topological polar surface area (TPSA) is 139 Å². The summed E-state index contributed by atoms with van der Waals surface area (Å²) in [6.45, 7) is 0. The molecule has 0 radical (unpaired) electrons. The second-order valence-electron chi connectivity index (χ2n) is 5.34. The largest absolute Gasteiger partial charge is 0.437 e. The molecule has 8 nitrogen and oxygen atoms in total. The van der Waals surface area contributed by atoms with E-state index in [9.17, 15) is 0 Å². The zero-order valence-electron chi connectivity index (χ0n) is 14.1. The summed E-state index contributed by atoms with van der Waals surface area (Å²) in [4.78, 5) is 8.12. The number of nitrogens with zero attached hydrogens (tertiary/aromatic N) is 6. The number of hydrogen-bond donors (Lipinski definition) is 0. The summed E-state index contributed by atoms with van der Waals surface area (Å²) < 4.78 is 11.1. The van der Waals surface area contributed by atoms with Crippen LogP contribution in [0.4, 0.5) is 0 Å². The van der Waals surface area contributed by atoms with Crippen molar-refractivity contribution in [3.05, 3.63) is 71.0 Å². The highest BCUT2D eigenvalue weighted by Crippen LogP contribution is 2.26. The van der Waals surface area contributed by atoms with Crippen LogP contribution in [0.2, 0.25) is 0 Å². The number of benzene rings is 2. The van der Waals surface area contributed by atoms with Crippen LogP contribution in [0.15, 0.2) is 48.8 Å². The van der Waals surface area contributed by atoms with Crippen molar-refractivity contribution in [1.82, 2.24) is 9.97 Å². The van der Waals surface area contributed by atoms with E-state index in [2.05, 4.69) is 9.97 Å². The van der Waals surface area contributed by atoms with Crippen molar-refractivity contribution in [2.75, 3.05) is 0 Å². The molecule has 2 aromatic carbocycles. The average Bonchev–Trinajstić information content (AvgIpc) is 2.73. The van der Waals surface area contributed by atoms with Crippen molar-refractivity contribution in [2.45, 2.75) is 0 Å². The summed E-state index contributed by atoms with van der Waals surface area (Å²) in [5, 5.41) is 36.1. The van der Waals surface area contributed by atoms with E-state index < -0.39 is 0 Å². The van der Waals surface area contributed by atoms with Crippen LogP contribution in [-0.4, -0.2) is 9.97 Å². The van der Waals surface area contributed by atoms with Gasteiger partial charge in [-0.3, -0.25) is 4.98 Å². The summed E-state index contributed by atoms with van der Waals surface area (Å²) in [5.41, 5.74) is 1.08. The molecule has 1 heterocycles. The SMILES string of the molecule is N#Cc1cc(C#N)cc(Oc2cncc(Oc3cc(C#N)cc(C#N)c3)n2)c1. The van der Waals surface area contributed by atoms with Crippen LogP contribution in [0.25, 0.3) is 0 Å². The third-order valence-electron chi connectivity index (χ3n) is 3.36. The van der Waals surface area contributed by atoms with E-state index in [1.807, 2.05) is 24.3 Å². The van der Waals surface area contributed by atoms with Gasteiger partial charge in [-0.15, -0.1) is 0 Å². The van der Waals surface area contributed by atoms with Gasteiger partial charge in [0.1, 0.15) is 11.5 Å². The maximum absolute atomic E-state index is 9.03. The van der Waals surface area contributed by atoms with Crippen molar-refractivity contribution in [3.8, 4) is 47.5 Å². The number of aromatic nitrogens is 2. The van der Waals surface area contributed by atoms with Gasteiger partial charge >= 0.3 is 0 Å². The summed E-state index contributed by atoms with van der Waals surface area (Å²) in [7, 11) is 0. The Kier molecular flexibility index (Phi) is 5.09. The van der Waals surface area contributed by atoms with Crippen molar-refractivity contribution < 1.29 is 9.47 Å². The molecule has 0 aliphatic carbocycles. The molecule has 28 heavy (non-hydrogen) atoms. The Morgan fingerprint density at radius 1 is 0.571 bits per heavy atom. The first-order valence-electron chi connectivity index (χ1n) is 7.72. The first-order chi connectivity index (χ1) is 13.6. The third-order valence-corrected chi connectivity index (χ3v) is 3.36. The number of hydrogen-bond acceptors (Lipinski definition) is 8. The van der Waals surface area contributed by atoms with Crippen LogP contribution < -0.4 is 9.47 Å². The molecule has 0 aliphatic heterocycles. The molecule has 0 aliphatic rings. The van der Waals surface area contributed by atoms with Gasteiger partial charge in [-0.1, -0.05) is 0 Å². The van der Waals surface area contributed by atoms with E-state index in [0.717, 1.165) is 0 Å². The Morgan fingerprint density at radius 3 is 1.25 bits per heavy atom. The number of ether oxygens (including phenoxy) is 2. The van der Waals surface area contributed by atoms with Crippen LogP contribution in [0.3, 0.4) is 0 Å². The van der Waals surface area contributed by atoms with Gasteiger partial charge in [0.15, 0.2) is 0 Å². The smallest absolute Gasteiger partial charge is 0.241 e. The van der Waals surface area contributed by atoms with Crippen LogP contribution in [-0.2, 0) is 0 Å². The molecule has 0 bridgehead atoms. The predicted octanol–water partition coefficient (Wildman–Crippen LogP) is 3.55. The molecule has 0 N–H and O–H groups in total. The first-order valence-corrected chi connectivity index (χ1v) is 7.72. The molecule has 0 amide bonds. The minimum atomic E-state index is 0.0772. The standard InChI is InChI=1S/C20H8N6O2/c21-7-13-1-14(8-22)4-17(3-13)27-19-11-25-12-20(26-19)28-18-5-15(9-23)2-16(6-18)10-24/h1-6,11-12H. The van der Waals surface area contributed by atoms with E-state index in [-0.39, 0.29) is 45.5 Å². The quantitative estimate of drug-likeness (QED) is 0.684. The fraction of sp³-hybridized carbons (Fsp3) is 0. The molecule has 0 unspecified atom stereocenters. The van der Waals surface area contributed by atoms with Gasteiger partial charge in [-0.05, 0) is 36.4 Å². The second kappa shape index (κ2) is 7.97. The van der Waals surface area contributed by atoms with Crippen LogP contribution in [0.1, 0.15) is 22.3 Å². The zero-order valence-corrected chi connectivity index (χ0v) is 14.1. The van der Waals surface area contributed by atoms with E-state index in [0.29, 0.717) is 0 Å². The fourth-order valence-corrected chi connectivity index (χ4v) is 2.25. The molecule has 0 saturated carbocycles. The highest BCUT2D eigenvalue weighted by atomic mass is 16.5. The highest BCUT2D eigenvalue weighted by Gasteiger charge is 2.08. The minimum Gasteiger partial charge on any atom is -0.437 e. The lowest BCUT2D eigenvalue weighted by molar-refractivity contribution is 0.421. The predicted molar refractivity (Wildman–Crippen MR) is 93.9 cm³/mol. The lowest BCUT2D eigenvalue weighted by atomic mass is 10.1. The van der Waals surface area contributed by atoms with Crippen molar-refractivity contribution >= 4 is 0 Å². The molecule has 130 valence electrons. The molecular formula is C20H8N6O2. The van der Waals surface area contributed by atoms with E-state index in [1.165, 1.54) is 48.8 Å². The molecule has 3 aromatic rings. The zero-order chi connectivity index (χ0) is 19.9. The molecule has 1 aromatic heterocycles.